The molecule has 21 heavy (non-hydrogen) atoms. The lowest BCUT2D eigenvalue weighted by Crippen LogP contribution is -2.23. The molecule has 1 heterocycles. The Bertz CT molecular complexity index is 677. The first-order valence-corrected chi connectivity index (χ1v) is 7.00. The Labute approximate surface area is 123 Å². The molecule has 0 unspecified atom stereocenters. The fraction of sp³-hybridized carbons (Fsp3) is 0.312. The van der Waals surface area contributed by atoms with Crippen LogP contribution in [0.3, 0.4) is 0 Å². The van der Waals surface area contributed by atoms with Gasteiger partial charge in [0.25, 0.3) is 0 Å². The van der Waals surface area contributed by atoms with Crippen LogP contribution >= 0.6 is 0 Å². The summed E-state index contributed by atoms with van der Waals surface area (Å²) in [6, 6.07) is 6.35. The predicted molar refractivity (Wildman–Crippen MR) is 80.3 cm³/mol. The number of hydrogen-bond donors (Lipinski definition) is 0. The summed E-state index contributed by atoms with van der Waals surface area (Å²) in [5.74, 6) is 1.24. The normalized spacial score (nSPS) is 14.1. The van der Waals surface area contributed by atoms with E-state index in [0.29, 0.717) is 0 Å². The van der Waals surface area contributed by atoms with Crippen molar-refractivity contribution < 1.29 is 4.39 Å². The summed E-state index contributed by atoms with van der Waals surface area (Å²) >= 11 is 0. The van der Waals surface area contributed by atoms with Crippen molar-refractivity contribution in [3.63, 3.8) is 0 Å². The molecule has 108 valence electrons. The van der Waals surface area contributed by atoms with E-state index in [4.69, 9.17) is 4.99 Å². The minimum absolute atomic E-state index is 0.250. The standard InChI is InChI=1S/C16H17FN4/c1-21(2)16(11-6-8-12(17)9-7-11)20-15-13-4-3-5-14(13)18-10-19-15/h6-10H,3-5H2,1-2H3. The van der Waals surface area contributed by atoms with E-state index in [9.17, 15) is 4.39 Å². The third-order valence-electron chi connectivity index (χ3n) is 3.59. The number of fused-ring (bicyclic) bond motifs is 1. The van der Waals surface area contributed by atoms with Crippen LogP contribution in [0.5, 0.6) is 0 Å². The minimum Gasteiger partial charge on any atom is -0.362 e. The van der Waals surface area contributed by atoms with E-state index in [1.54, 1.807) is 18.5 Å². The summed E-state index contributed by atoms with van der Waals surface area (Å²) in [5.41, 5.74) is 3.10. The predicted octanol–water partition coefficient (Wildman–Crippen LogP) is 2.74. The zero-order valence-corrected chi connectivity index (χ0v) is 12.2. The molecule has 0 atom stereocenters. The molecular weight excluding hydrogens is 267 g/mol. The second-order valence-corrected chi connectivity index (χ2v) is 5.31. The van der Waals surface area contributed by atoms with Gasteiger partial charge in [0, 0.05) is 30.9 Å². The van der Waals surface area contributed by atoms with Crippen molar-refractivity contribution in [1.82, 2.24) is 14.9 Å². The largest absolute Gasteiger partial charge is 0.362 e. The van der Waals surface area contributed by atoms with Crippen molar-refractivity contribution >= 4 is 11.7 Å². The number of aliphatic imine (C=N–C) groups is 1. The van der Waals surface area contributed by atoms with Crippen molar-refractivity contribution in [3.8, 4) is 0 Å². The van der Waals surface area contributed by atoms with Crippen LogP contribution in [0.2, 0.25) is 0 Å². The maximum absolute atomic E-state index is 13.1. The van der Waals surface area contributed by atoms with Gasteiger partial charge >= 0.3 is 0 Å². The molecule has 0 fully saturated rings. The smallest absolute Gasteiger partial charge is 0.161 e. The van der Waals surface area contributed by atoms with E-state index >= 15 is 0 Å². The van der Waals surface area contributed by atoms with Crippen LogP contribution in [0, 0.1) is 5.82 Å². The monoisotopic (exact) mass is 284 g/mol. The number of hydrogen-bond acceptors (Lipinski definition) is 3. The average Bonchev–Trinajstić information content (AvgIpc) is 2.95. The van der Waals surface area contributed by atoms with Gasteiger partial charge in [0.1, 0.15) is 18.0 Å². The molecule has 5 heteroatoms. The van der Waals surface area contributed by atoms with Crippen LogP contribution in [0.1, 0.15) is 23.2 Å². The first-order valence-electron chi connectivity index (χ1n) is 7.00. The number of nitrogens with zero attached hydrogens (tertiary/aromatic N) is 4. The quantitative estimate of drug-likeness (QED) is 0.629. The van der Waals surface area contributed by atoms with Crippen molar-refractivity contribution in [2.24, 2.45) is 4.99 Å². The Morgan fingerprint density at radius 3 is 2.62 bits per heavy atom. The SMILES string of the molecule is CN(C)C(=Nc1ncnc2c1CCC2)c1ccc(F)cc1. The fourth-order valence-electron chi connectivity index (χ4n) is 2.56. The Kier molecular flexibility index (Phi) is 3.64. The van der Waals surface area contributed by atoms with Gasteiger partial charge in [-0.3, -0.25) is 0 Å². The highest BCUT2D eigenvalue weighted by atomic mass is 19.1. The topological polar surface area (TPSA) is 41.4 Å². The van der Waals surface area contributed by atoms with Gasteiger partial charge in [-0.15, -0.1) is 0 Å². The first kappa shape index (κ1) is 13.7. The lowest BCUT2D eigenvalue weighted by molar-refractivity contribution is 0.619. The van der Waals surface area contributed by atoms with Crippen LogP contribution < -0.4 is 0 Å². The van der Waals surface area contributed by atoms with Crippen molar-refractivity contribution in [2.45, 2.75) is 19.3 Å². The summed E-state index contributed by atoms with van der Waals surface area (Å²) in [6.07, 6.45) is 4.64. The zero-order chi connectivity index (χ0) is 14.8. The highest BCUT2D eigenvalue weighted by Crippen LogP contribution is 2.27. The van der Waals surface area contributed by atoms with E-state index in [-0.39, 0.29) is 5.82 Å². The van der Waals surface area contributed by atoms with Gasteiger partial charge in [0.15, 0.2) is 5.82 Å². The van der Waals surface area contributed by atoms with Gasteiger partial charge in [0.05, 0.1) is 0 Å². The number of rotatable bonds is 2. The second-order valence-electron chi connectivity index (χ2n) is 5.31. The maximum atomic E-state index is 13.1. The molecule has 0 spiro atoms. The molecule has 0 amide bonds. The molecule has 1 aliphatic rings. The van der Waals surface area contributed by atoms with E-state index in [1.165, 1.54) is 12.1 Å². The van der Waals surface area contributed by atoms with E-state index < -0.39 is 0 Å². The lowest BCUT2D eigenvalue weighted by atomic mass is 10.2. The maximum Gasteiger partial charge on any atom is 0.161 e. The van der Waals surface area contributed by atoms with Gasteiger partial charge in [-0.25, -0.2) is 19.4 Å². The van der Waals surface area contributed by atoms with Crippen LogP contribution in [0.15, 0.2) is 35.6 Å². The van der Waals surface area contributed by atoms with E-state index in [0.717, 1.165) is 47.7 Å². The van der Waals surface area contributed by atoms with Crippen LogP contribution in [0.25, 0.3) is 0 Å². The van der Waals surface area contributed by atoms with Gasteiger partial charge in [-0.2, -0.15) is 0 Å². The molecule has 0 aliphatic heterocycles. The zero-order valence-electron chi connectivity index (χ0n) is 12.2. The number of aryl methyl sites for hydroxylation is 1. The fourth-order valence-corrected chi connectivity index (χ4v) is 2.56. The molecule has 1 aromatic carbocycles. The van der Waals surface area contributed by atoms with Crippen molar-refractivity contribution in [3.05, 3.63) is 53.2 Å². The number of amidine groups is 1. The average molecular weight is 284 g/mol. The van der Waals surface area contributed by atoms with Gasteiger partial charge in [-0.05, 0) is 43.5 Å². The van der Waals surface area contributed by atoms with Crippen molar-refractivity contribution in [1.29, 1.82) is 0 Å². The Morgan fingerprint density at radius 2 is 1.90 bits per heavy atom. The van der Waals surface area contributed by atoms with Crippen LogP contribution in [0.4, 0.5) is 10.2 Å². The molecule has 2 aromatic rings. The highest BCUT2D eigenvalue weighted by Gasteiger charge is 2.18. The molecule has 0 N–H and O–H groups in total. The van der Waals surface area contributed by atoms with Gasteiger partial charge in [-0.1, -0.05) is 0 Å². The molecule has 0 saturated carbocycles. The molecule has 4 nitrogen and oxygen atoms in total. The molecule has 0 radical (unpaired) electrons. The summed E-state index contributed by atoms with van der Waals surface area (Å²) in [4.78, 5) is 15.2. The Morgan fingerprint density at radius 1 is 1.14 bits per heavy atom. The summed E-state index contributed by atoms with van der Waals surface area (Å²) in [7, 11) is 3.84. The number of halogens is 1. The molecule has 0 saturated heterocycles. The van der Waals surface area contributed by atoms with Crippen LogP contribution in [-0.4, -0.2) is 34.8 Å². The molecule has 1 aromatic heterocycles. The van der Waals surface area contributed by atoms with E-state index in [1.807, 2.05) is 19.0 Å². The lowest BCUT2D eigenvalue weighted by Gasteiger charge is -2.16. The third kappa shape index (κ3) is 2.77. The summed E-state index contributed by atoms with van der Waals surface area (Å²) < 4.78 is 13.1. The van der Waals surface area contributed by atoms with E-state index in [2.05, 4.69) is 9.97 Å². The third-order valence-corrected chi connectivity index (χ3v) is 3.59. The number of benzene rings is 1. The molecule has 1 aliphatic carbocycles. The molecular formula is C16H17FN4. The summed E-state index contributed by atoms with van der Waals surface area (Å²) in [6.45, 7) is 0. The number of aromatic nitrogens is 2. The highest BCUT2D eigenvalue weighted by molar-refractivity contribution is 5.99. The van der Waals surface area contributed by atoms with Crippen molar-refractivity contribution in [2.75, 3.05) is 14.1 Å². The van der Waals surface area contributed by atoms with Gasteiger partial charge < -0.3 is 4.90 Å². The first-order chi connectivity index (χ1) is 10.1. The van der Waals surface area contributed by atoms with Crippen LogP contribution in [-0.2, 0) is 12.8 Å². The Balaban J connectivity index is 2.06. The second kappa shape index (κ2) is 5.60. The Hall–Kier alpha value is -2.30. The molecule has 0 bridgehead atoms. The molecule has 3 rings (SSSR count). The summed E-state index contributed by atoms with van der Waals surface area (Å²) in [5, 5.41) is 0. The minimum atomic E-state index is -0.250. The van der Waals surface area contributed by atoms with Gasteiger partial charge in [0.2, 0.25) is 0 Å².